The molecule has 0 saturated carbocycles. The molecule has 0 saturated heterocycles. The summed E-state index contributed by atoms with van der Waals surface area (Å²) in [5, 5.41) is 0. The molecule has 102 valence electrons. The first-order chi connectivity index (χ1) is 8.76. The molecule has 0 N–H and O–H groups in total. The first kappa shape index (κ1) is 15.1. The van der Waals surface area contributed by atoms with Crippen LogP contribution in [0.25, 0.3) is 0 Å². The van der Waals surface area contributed by atoms with E-state index in [0.29, 0.717) is 6.10 Å². The summed E-state index contributed by atoms with van der Waals surface area (Å²) < 4.78 is 5.85. The van der Waals surface area contributed by atoms with Gasteiger partial charge in [0.05, 0.1) is 6.10 Å². The van der Waals surface area contributed by atoms with Gasteiger partial charge in [0.25, 0.3) is 0 Å². The average molecular weight is 248 g/mol. The Balaban J connectivity index is 2.33. The molecule has 0 aliphatic carbocycles. The standard InChI is InChI=1S/C17H28O/c1-4-6-7-8-10-16-11-13-17(14-12-16)18-15(3)9-5-2/h11-15H,4-10H2,1-3H3. The van der Waals surface area contributed by atoms with Crippen LogP contribution in [0, 0.1) is 0 Å². The van der Waals surface area contributed by atoms with Gasteiger partial charge in [-0.1, -0.05) is 51.7 Å². The van der Waals surface area contributed by atoms with Gasteiger partial charge in [-0.3, -0.25) is 0 Å². The topological polar surface area (TPSA) is 9.23 Å². The smallest absolute Gasteiger partial charge is 0.119 e. The van der Waals surface area contributed by atoms with Crippen molar-refractivity contribution < 1.29 is 4.74 Å². The minimum Gasteiger partial charge on any atom is -0.491 e. The third-order valence-corrected chi connectivity index (χ3v) is 3.27. The number of hydrogen-bond donors (Lipinski definition) is 0. The van der Waals surface area contributed by atoms with Crippen LogP contribution in [-0.2, 0) is 6.42 Å². The van der Waals surface area contributed by atoms with E-state index in [0.717, 1.165) is 12.2 Å². The van der Waals surface area contributed by atoms with Gasteiger partial charge in [-0.2, -0.15) is 0 Å². The van der Waals surface area contributed by atoms with Crippen molar-refractivity contribution in [1.82, 2.24) is 0 Å². The van der Waals surface area contributed by atoms with E-state index in [1.54, 1.807) is 0 Å². The molecule has 1 nitrogen and oxygen atoms in total. The summed E-state index contributed by atoms with van der Waals surface area (Å²) in [5.41, 5.74) is 1.43. The molecule has 1 aromatic rings. The van der Waals surface area contributed by atoms with Crippen molar-refractivity contribution in [3.63, 3.8) is 0 Å². The van der Waals surface area contributed by atoms with Crippen LogP contribution < -0.4 is 4.74 Å². The van der Waals surface area contributed by atoms with Crippen LogP contribution in [0.5, 0.6) is 5.75 Å². The van der Waals surface area contributed by atoms with E-state index in [9.17, 15) is 0 Å². The predicted molar refractivity (Wildman–Crippen MR) is 79.3 cm³/mol. The highest BCUT2D eigenvalue weighted by Gasteiger charge is 2.02. The van der Waals surface area contributed by atoms with Gasteiger partial charge in [0.2, 0.25) is 0 Å². The van der Waals surface area contributed by atoms with E-state index in [4.69, 9.17) is 4.74 Å². The summed E-state index contributed by atoms with van der Waals surface area (Å²) in [6.07, 6.45) is 9.14. The molecular weight excluding hydrogens is 220 g/mol. The lowest BCUT2D eigenvalue weighted by molar-refractivity contribution is 0.210. The van der Waals surface area contributed by atoms with Gasteiger partial charge in [-0.15, -0.1) is 0 Å². The Morgan fingerprint density at radius 2 is 1.67 bits per heavy atom. The van der Waals surface area contributed by atoms with Gasteiger partial charge in [0, 0.05) is 0 Å². The zero-order chi connectivity index (χ0) is 13.2. The summed E-state index contributed by atoms with van der Waals surface area (Å²) in [6, 6.07) is 8.64. The Morgan fingerprint density at radius 3 is 2.28 bits per heavy atom. The Kier molecular flexibility index (Phi) is 7.55. The van der Waals surface area contributed by atoms with Crippen LogP contribution in [0.1, 0.15) is 64.9 Å². The van der Waals surface area contributed by atoms with Gasteiger partial charge >= 0.3 is 0 Å². The number of rotatable bonds is 9. The van der Waals surface area contributed by atoms with Gasteiger partial charge < -0.3 is 4.74 Å². The average Bonchev–Trinajstić information content (AvgIpc) is 2.37. The first-order valence-corrected chi connectivity index (χ1v) is 7.51. The molecule has 0 fully saturated rings. The fourth-order valence-electron chi connectivity index (χ4n) is 2.19. The molecule has 0 aliphatic heterocycles. The zero-order valence-corrected chi connectivity index (χ0v) is 12.2. The summed E-state index contributed by atoms with van der Waals surface area (Å²) in [4.78, 5) is 0. The van der Waals surface area contributed by atoms with Crippen LogP contribution in [0.15, 0.2) is 24.3 Å². The Morgan fingerprint density at radius 1 is 0.944 bits per heavy atom. The molecule has 0 aliphatic rings. The van der Waals surface area contributed by atoms with E-state index >= 15 is 0 Å². The Labute approximate surface area is 113 Å². The van der Waals surface area contributed by atoms with Gasteiger partial charge in [0.15, 0.2) is 0 Å². The predicted octanol–water partition coefficient (Wildman–Crippen LogP) is 5.38. The van der Waals surface area contributed by atoms with Crippen LogP contribution in [0.4, 0.5) is 0 Å². The molecule has 1 heteroatoms. The highest BCUT2D eigenvalue weighted by atomic mass is 16.5. The second kappa shape index (κ2) is 9.02. The van der Waals surface area contributed by atoms with Crippen molar-refractivity contribution in [3.05, 3.63) is 29.8 Å². The second-order valence-corrected chi connectivity index (χ2v) is 5.17. The first-order valence-electron chi connectivity index (χ1n) is 7.51. The normalized spacial score (nSPS) is 12.4. The third kappa shape index (κ3) is 6.09. The van der Waals surface area contributed by atoms with Gasteiger partial charge in [0.1, 0.15) is 5.75 Å². The van der Waals surface area contributed by atoms with E-state index in [1.807, 2.05) is 0 Å². The SMILES string of the molecule is CCCCCCc1ccc(OC(C)CCC)cc1. The number of aryl methyl sites for hydroxylation is 1. The monoisotopic (exact) mass is 248 g/mol. The van der Waals surface area contributed by atoms with Crippen molar-refractivity contribution in [2.24, 2.45) is 0 Å². The third-order valence-electron chi connectivity index (χ3n) is 3.27. The highest BCUT2D eigenvalue weighted by molar-refractivity contribution is 5.27. The lowest BCUT2D eigenvalue weighted by Gasteiger charge is -2.14. The van der Waals surface area contributed by atoms with Crippen LogP contribution >= 0.6 is 0 Å². The number of benzene rings is 1. The molecule has 0 spiro atoms. The Bertz CT molecular complexity index is 302. The summed E-state index contributed by atoms with van der Waals surface area (Å²) >= 11 is 0. The molecule has 1 unspecified atom stereocenters. The number of ether oxygens (including phenoxy) is 1. The van der Waals surface area contributed by atoms with Crippen molar-refractivity contribution in [2.75, 3.05) is 0 Å². The molecule has 0 amide bonds. The van der Waals surface area contributed by atoms with Crippen LogP contribution in [-0.4, -0.2) is 6.10 Å². The maximum absolute atomic E-state index is 5.85. The minimum absolute atomic E-state index is 0.324. The van der Waals surface area contributed by atoms with Crippen LogP contribution in [0.2, 0.25) is 0 Å². The molecule has 0 aromatic heterocycles. The van der Waals surface area contributed by atoms with E-state index in [-0.39, 0.29) is 0 Å². The minimum atomic E-state index is 0.324. The second-order valence-electron chi connectivity index (χ2n) is 5.17. The summed E-state index contributed by atoms with van der Waals surface area (Å²) in [6.45, 7) is 6.59. The summed E-state index contributed by atoms with van der Waals surface area (Å²) in [7, 11) is 0. The molecule has 18 heavy (non-hydrogen) atoms. The molecule has 0 heterocycles. The molecule has 0 bridgehead atoms. The maximum Gasteiger partial charge on any atom is 0.119 e. The van der Waals surface area contributed by atoms with Crippen molar-refractivity contribution in [1.29, 1.82) is 0 Å². The van der Waals surface area contributed by atoms with E-state index in [2.05, 4.69) is 45.0 Å². The van der Waals surface area contributed by atoms with Crippen molar-refractivity contribution in [3.8, 4) is 5.75 Å². The van der Waals surface area contributed by atoms with E-state index < -0.39 is 0 Å². The zero-order valence-electron chi connectivity index (χ0n) is 12.2. The lowest BCUT2D eigenvalue weighted by Crippen LogP contribution is -2.10. The van der Waals surface area contributed by atoms with Crippen molar-refractivity contribution in [2.45, 2.75) is 71.8 Å². The molecule has 1 aromatic carbocycles. The van der Waals surface area contributed by atoms with Crippen LogP contribution in [0.3, 0.4) is 0 Å². The molecular formula is C17H28O. The number of unbranched alkanes of at least 4 members (excludes halogenated alkanes) is 3. The lowest BCUT2D eigenvalue weighted by atomic mass is 10.1. The fourth-order valence-corrected chi connectivity index (χ4v) is 2.19. The van der Waals surface area contributed by atoms with E-state index in [1.165, 1.54) is 44.1 Å². The Hall–Kier alpha value is -0.980. The molecule has 0 radical (unpaired) electrons. The molecule has 1 rings (SSSR count). The largest absolute Gasteiger partial charge is 0.491 e. The molecule has 1 atom stereocenters. The highest BCUT2D eigenvalue weighted by Crippen LogP contribution is 2.17. The number of hydrogen-bond acceptors (Lipinski definition) is 1. The summed E-state index contributed by atoms with van der Waals surface area (Å²) in [5.74, 6) is 1.01. The fraction of sp³-hybridized carbons (Fsp3) is 0.647. The van der Waals surface area contributed by atoms with Crippen molar-refractivity contribution >= 4 is 0 Å². The maximum atomic E-state index is 5.85. The van der Waals surface area contributed by atoms with Gasteiger partial charge in [-0.05, 0) is 43.9 Å². The quantitative estimate of drug-likeness (QED) is 0.533. The van der Waals surface area contributed by atoms with Gasteiger partial charge in [-0.25, -0.2) is 0 Å².